The summed E-state index contributed by atoms with van der Waals surface area (Å²) in [4.78, 5) is 0. The van der Waals surface area contributed by atoms with E-state index in [1.165, 1.54) is 12.8 Å². The quantitative estimate of drug-likeness (QED) is 0.718. The Labute approximate surface area is 111 Å². The van der Waals surface area contributed by atoms with Gasteiger partial charge >= 0.3 is 7.12 Å². The minimum atomic E-state index is -0.162. The second-order valence-corrected chi connectivity index (χ2v) is 5.02. The van der Waals surface area contributed by atoms with E-state index in [9.17, 15) is 0 Å². The maximum atomic E-state index is 6.09. The van der Waals surface area contributed by atoms with Gasteiger partial charge in [0, 0.05) is 0 Å². The van der Waals surface area contributed by atoms with E-state index >= 15 is 0 Å². The molecule has 1 aromatic carbocycles. The molecule has 1 aromatic rings. The van der Waals surface area contributed by atoms with Gasteiger partial charge in [-0.2, -0.15) is 0 Å². The molecule has 1 aliphatic rings. The first-order chi connectivity index (χ1) is 8.85. The van der Waals surface area contributed by atoms with E-state index in [-0.39, 0.29) is 19.3 Å². The van der Waals surface area contributed by atoms with Gasteiger partial charge in [0.1, 0.15) is 0 Å². The highest BCUT2D eigenvalue weighted by Crippen LogP contribution is 2.24. The number of unbranched alkanes of at least 4 members (excludes halogenated alkanes) is 1. The summed E-state index contributed by atoms with van der Waals surface area (Å²) >= 11 is 0. The van der Waals surface area contributed by atoms with Crippen molar-refractivity contribution in [2.24, 2.45) is 0 Å². The highest BCUT2D eigenvalue weighted by Gasteiger charge is 2.39. The van der Waals surface area contributed by atoms with E-state index in [1.54, 1.807) is 0 Å². The zero-order valence-corrected chi connectivity index (χ0v) is 11.5. The Morgan fingerprint density at radius 3 is 2.22 bits per heavy atom. The van der Waals surface area contributed by atoms with Crippen molar-refractivity contribution in [3.63, 3.8) is 0 Å². The summed E-state index contributed by atoms with van der Waals surface area (Å²) < 4.78 is 12.2. The molecule has 0 aromatic heterocycles. The molecule has 0 radical (unpaired) electrons. The van der Waals surface area contributed by atoms with E-state index in [1.807, 2.05) is 18.2 Å². The van der Waals surface area contributed by atoms with E-state index < -0.39 is 0 Å². The molecule has 1 fully saturated rings. The monoisotopic (exact) mass is 246 g/mol. The molecule has 0 amide bonds. The fourth-order valence-electron chi connectivity index (χ4n) is 2.49. The SMILES string of the molecule is CCCCC1OB(c2ccccc2)OC1CCC. The largest absolute Gasteiger partial charge is 0.494 e. The van der Waals surface area contributed by atoms with Crippen LogP contribution < -0.4 is 5.46 Å². The molecule has 3 heteroatoms. The van der Waals surface area contributed by atoms with Gasteiger partial charge in [0.25, 0.3) is 0 Å². The lowest BCUT2D eigenvalue weighted by atomic mass is 9.79. The minimum absolute atomic E-state index is 0.162. The first-order valence-electron chi connectivity index (χ1n) is 7.21. The lowest BCUT2D eigenvalue weighted by molar-refractivity contribution is 0.136. The van der Waals surface area contributed by atoms with Crippen molar-refractivity contribution in [2.75, 3.05) is 0 Å². The van der Waals surface area contributed by atoms with Crippen molar-refractivity contribution in [3.05, 3.63) is 30.3 Å². The number of benzene rings is 1. The number of hydrogen-bond donors (Lipinski definition) is 0. The zero-order valence-electron chi connectivity index (χ0n) is 11.5. The molecule has 98 valence electrons. The highest BCUT2D eigenvalue weighted by molar-refractivity contribution is 6.61. The lowest BCUT2D eigenvalue weighted by Crippen LogP contribution is -2.32. The molecule has 0 bridgehead atoms. The van der Waals surface area contributed by atoms with Crippen LogP contribution in [0.15, 0.2) is 30.3 Å². The average Bonchev–Trinajstić information content (AvgIpc) is 2.81. The second kappa shape index (κ2) is 6.96. The molecular weight excluding hydrogens is 223 g/mol. The highest BCUT2D eigenvalue weighted by atomic mass is 16.7. The molecule has 1 aliphatic heterocycles. The van der Waals surface area contributed by atoms with Gasteiger partial charge in [0.15, 0.2) is 0 Å². The first-order valence-corrected chi connectivity index (χ1v) is 7.21. The van der Waals surface area contributed by atoms with Gasteiger partial charge in [-0.25, -0.2) is 0 Å². The van der Waals surface area contributed by atoms with Crippen molar-refractivity contribution in [2.45, 2.75) is 58.2 Å². The van der Waals surface area contributed by atoms with Crippen LogP contribution in [-0.2, 0) is 9.31 Å². The van der Waals surface area contributed by atoms with E-state index in [2.05, 4.69) is 26.0 Å². The molecule has 0 spiro atoms. The molecule has 1 heterocycles. The summed E-state index contributed by atoms with van der Waals surface area (Å²) in [7, 11) is -0.162. The molecule has 1 saturated heterocycles. The maximum absolute atomic E-state index is 6.09. The van der Waals surface area contributed by atoms with Crippen molar-refractivity contribution in [1.82, 2.24) is 0 Å². The third kappa shape index (κ3) is 3.36. The van der Waals surface area contributed by atoms with Crippen LogP contribution in [0.5, 0.6) is 0 Å². The van der Waals surface area contributed by atoms with Crippen molar-refractivity contribution in [3.8, 4) is 0 Å². The Morgan fingerprint density at radius 2 is 1.61 bits per heavy atom. The predicted octanol–water partition coefficient (Wildman–Crippen LogP) is 3.16. The molecule has 2 atom stereocenters. The molecular formula is C15H23BO2. The van der Waals surface area contributed by atoms with Gasteiger partial charge in [-0.15, -0.1) is 0 Å². The molecule has 0 N–H and O–H groups in total. The van der Waals surface area contributed by atoms with Crippen LogP contribution in [-0.4, -0.2) is 19.3 Å². The normalized spacial score (nSPS) is 23.6. The Hall–Kier alpha value is -0.795. The summed E-state index contributed by atoms with van der Waals surface area (Å²) in [5, 5.41) is 0. The van der Waals surface area contributed by atoms with Gasteiger partial charge in [-0.1, -0.05) is 63.4 Å². The summed E-state index contributed by atoms with van der Waals surface area (Å²) in [6.07, 6.45) is 6.34. The van der Waals surface area contributed by atoms with Crippen LogP contribution in [0.1, 0.15) is 46.0 Å². The van der Waals surface area contributed by atoms with E-state index in [0.29, 0.717) is 0 Å². The van der Waals surface area contributed by atoms with Crippen LogP contribution in [0.3, 0.4) is 0 Å². The number of rotatable bonds is 6. The van der Waals surface area contributed by atoms with Crippen LogP contribution >= 0.6 is 0 Å². The summed E-state index contributed by atoms with van der Waals surface area (Å²) in [6, 6.07) is 10.3. The van der Waals surface area contributed by atoms with E-state index in [4.69, 9.17) is 9.31 Å². The zero-order chi connectivity index (χ0) is 12.8. The maximum Gasteiger partial charge on any atom is 0.494 e. The Bertz CT molecular complexity index is 342. The second-order valence-electron chi connectivity index (χ2n) is 5.02. The molecule has 2 unspecified atom stereocenters. The van der Waals surface area contributed by atoms with Gasteiger partial charge in [0.05, 0.1) is 12.2 Å². The summed E-state index contributed by atoms with van der Waals surface area (Å²) in [5.74, 6) is 0. The summed E-state index contributed by atoms with van der Waals surface area (Å²) in [5.41, 5.74) is 1.14. The topological polar surface area (TPSA) is 18.5 Å². The third-order valence-corrected chi connectivity index (χ3v) is 3.50. The van der Waals surface area contributed by atoms with Gasteiger partial charge < -0.3 is 9.31 Å². The van der Waals surface area contributed by atoms with Crippen molar-refractivity contribution < 1.29 is 9.31 Å². The van der Waals surface area contributed by atoms with E-state index in [0.717, 1.165) is 24.7 Å². The molecule has 18 heavy (non-hydrogen) atoms. The molecule has 2 nitrogen and oxygen atoms in total. The smallest absolute Gasteiger partial charge is 0.402 e. The van der Waals surface area contributed by atoms with Crippen LogP contribution in [0, 0.1) is 0 Å². The average molecular weight is 246 g/mol. The lowest BCUT2D eigenvalue weighted by Gasteiger charge is -2.16. The molecule has 2 rings (SSSR count). The standard InChI is InChI=1S/C15H23BO2/c1-3-5-12-15-14(9-4-2)17-16(18-15)13-10-7-6-8-11-13/h6-8,10-11,14-15H,3-5,9,12H2,1-2H3. The fraction of sp³-hybridized carbons (Fsp3) is 0.600. The van der Waals surface area contributed by atoms with Crippen LogP contribution in [0.4, 0.5) is 0 Å². The fourth-order valence-corrected chi connectivity index (χ4v) is 2.49. The Balaban J connectivity index is 1.99. The summed E-state index contributed by atoms with van der Waals surface area (Å²) in [6.45, 7) is 4.43. The minimum Gasteiger partial charge on any atom is -0.402 e. The van der Waals surface area contributed by atoms with Gasteiger partial charge in [-0.05, 0) is 18.3 Å². The molecule has 0 aliphatic carbocycles. The van der Waals surface area contributed by atoms with Crippen molar-refractivity contribution >= 4 is 12.6 Å². The van der Waals surface area contributed by atoms with Gasteiger partial charge in [-0.3, -0.25) is 0 Å². The Morgan fingerprint density at radius 1 is 0.944 bits per heavy atom. The van der Waals surface area contributed by atoms with Gasteiger partial charge in [0.2, 0.25) is 0 Å². The van der Waals surface area contributed by atoms with Crippen LogP contribution in [0.2, 0.25) is 0 Å². The van der Waals surface area contributed by atoms with Crippen LogP contribution in [0.25, 0.3) is 0 Å². The molecule has 0 saturated carbocycles. The first kappa shape index (κ1) is 13.6. The number of hydrogen-bond acceptors (Lipinski definition) is 2. The van der Waals surface area contributed by atoms with Crippen molar-refractivity contribution in [1.29, 1.82) is 0 Å². The third-order valence-electron chi connectivity index (χ3n) is 3.50. The Kier molecular flexibility index (Phi) is 5.27. The predicted molar refractivity (Wildman–Crippen MR) is 76.0 cm³/mol.